The number of halogens is 3. The SMILES string of the molecule is CN1CCC(Nc2cccc3c2cc(C#CCNc2ccc(C(C)(C)C#N)nc2)n3CC(F)(F)F)CC1. The van der Waals surface area contributed by atoms with Crippen molar-refractivity contribution >= 4 is 22.3 Å². The number of hydrogen-bond acceptors (Lipinski definition) is 5. The predicted molar refractivity (Wildman–Crippen MR) is 140 cm³/mol. The van der Waals surface area contributed by atoms with Gasteiger partial charge in [-0.15, -0.1) is 0 Å². The number of pyridine rings is 1. The molecule has 0 aliphatic carbocycles. The molecule has 3 aromatic rings. The largest absolute Gasteiger partial charge is 0.406 e. The lowest BCUT2D eigenvalue weighted by Gasteiger charge is -2.30. The number of hydrogen-bond donors (Lipinski definition) is 2. The zero-order chi connectivity index (χ0) is 26.6. The van der Waals surface area contributed by atoms with Gasteiger partial charge in [-0.1, -0.05) is 12.0 Å². The van der Waals surface area contributed by atoms with Gasteiger partial charge in [0.25, 0.3) is 0 Å². The Hall–Kier alpha value is -3.69. The minimum atomic E-state index is -4.37. The van der Waals surface area contributed by atoms with Crippen molar-refractivity contribution in [3.63, 3.8) is 0 Å². The first-order valence-electron chi connectivity index (χ1n) is 12.3. The maximum Gasteiger partial charge on any atom is 0.406 e. The normalized spacial score (nSPS) is 15.2. The molecule has 0 atom stereocenters. The molecule has 0 radical (unpaired) electrons. The molecular formula is C28H31F3N6. The Balaban J connectivity index is 1.54. The summed E-state index contributed by atoms with van der Waals surface area (Å²) in [6.07, 6.45) is -0.781. The Morgan fingerprint density at radius 3 is 2.54 bits per heavy atom. The number of benzene rings is 1. The monoisotopic (exact) mass is 508 g/mol. The van der Waals surface area contributed by atoms with Gasteiger partial charge in [-0.05, 0) is 83.1 Å². The average Bonchev–Trinajstić information content (AvgIpc) is 3.20. The van der Waals surface area contributed by atoms with Gasteiger partial charge < -0.3 is 20.1 Å². The van der Waals surface area contributed by atoms with Gasteiger partial charge >= 0.3 is 6.18 Å². The highest BCUT2D eigenvalue weighted by atomic mass is 19.4. The van der Waals surface area contributed by atoms with Crippen LogP contribution >= 0.6 is 0 Å². The molecule has 37 heavy (non-hydrogen) atoms. The molecule has 4 rings (SSSR count). The van der Waals surface area contributed by atoms with E-state index >= 15 is 0 Å². The minimum Gasteiger partial charge on any atom is -0.382 e. The molecule has 0 bridgehead atoms. The van der Waals surface area contributed by atoms with E-state index in [1.165, 1.54) is 4.57 Å². The Morgan fingerprint density at radius 1 is 1.14 bits per heavy atom. The van der Waals surface area contributed by atoms with E-state index in [1.54, 1.807) is 44.3 Å². The third-order valence-electron chi connectivity index (χ3n) is 6.64. The fourth-order valence-corrected chi connectivity index (χ4v) is 4.44. The lowest BCUT2D eigenvalue weighted by Crippen LogP contribution is -2.36. The fourth-order valence-electron chi connectivity index (χ4n) is 4.44. The molecule has 0 spiro atoms. The maximum absolute atomic E-state index is 13.5. The maximum atomic E-state index is 13.5. The van der Waals surface area contributed by atoms with Crippen LogP contribution in [0.2, 0.25) is 0 Å². The van der Waals surface area contributed by atoms with Crippen LogP contribution < -0.4 is 10.6 Å². The molecule has 0 amide bonds. The molecule has 1 saturated heterocycles. The van der Waals surface area contributed by atoms with Crippen molar-refractivity contribution in [1.29, 1.82) is 5.26 Å². The third kappa shape index (κ3) is 6.55. The summed E-state index contributed by atoms with van der Waals surface area (Å²) >= 11 is 0. The molecule has 1 fully saturated rings. The molecule has 2 aromatic heterocycles. The van der Waals surface area contributed by atoms with Gasteiger partial charge in [-0.25, -0.2) is 0 Å². The number of alkyl halides is 3. The standard InChI is InChI=1S/C28H31F3N6/c1-27(2,18-32)26-10-9-21(17-34-26)33-13-5-6-22-16-23-24(35-20-11-14-36(3)15-12-20)7-4-8-25(23)37(22)19-28(29,30)31/h4,7-10,16-17,20,33,35H,11-15,19H2,1-3H3. The van der Waals surface area contributed by atoms with Crippen LogP contribution in [0.25, 0.3) is 10.9 Å². The zero-order valence-corrected chi connectivity index (χ0v) is 21.3. The highest BCUT2D eigenvalue weighted by Crippen LogP contribution is 2.31. The summed E-state index contributed by atoms with van der Waals surface area (Å²) in [5.41, 5.74) is 2.34. The quantitative estimate of drug-likeness (QED) is 0.438. The summed E-state index contributed by atoms with van der Waals surface area (Å²) in [6.45, 7) is 4.69. The van der Waals surface area contributed by atoms with Crippen molar-refractivity contribution in [2.24, 2.45) is 0 Å². The van der Waals surface area contributed by atoms with E-state index in [0.29, 0.717) is 22.6 Å². The minimum absolute atomic E-state index is 0.233. The summed E-state index contributed by atoms with van der Waals surface area (Å²) in [5, 5.41) is 16.7. The lowest BCUT2D eigenvalue weighted by atomic mass is 9.91. The van der Waals surface area contributed by atoms with Crippen LogP contribution in [-0.4, -0.2) is 53.4 Å². The van der Waals surface area contributed by atoms with Crippen molar-refractivity contribution in [2.45, 2.75) is 50.9 Å². The van der Waals surface area contributed by atoms with Crippen LogP contribution in [-0.2, 0) is 12.0 Å². The number of fused-ring (bicyclic) bond motifs is 1. The Labute approximate surface area is 215 Å². The first-order valence-corrected chi connectivity index (χ1v) is 12.3. The summed E-state index contributed by atoms with van der Waals surface area (Å²) in [4.78, 5) is 6.61. The van der Waals surface area contributed by atoms with Crippen molar-refractivity contribution in [2.75, 3.05) is 37.3 Å². The lowest BCUT2D eigenvalue weighted by molar-refractivity contribution is -0.140. The number of anilines is 2. The number of rotatable bonds is 6. The van der Waals surface area contributed by atoms with Crippen LogP contribution in [0.5, 0.6) is 0 Å². The van der Waals surface area contributed by atoms with Gasteiger partial charge in [0.05, 0.1) is 46.8 Å². The topological polar surface area (TPSA) is 68.9 Å². The van der Waals surface area contributed by atoms with Crippen LogP contribution in [0.15, 0.2) is 42.6 Å². The van der Waals surface area contributed by atoms with Crippen LogP contribution in [0.4, 0.5) is 24.5 Å². The Morgan fingerprint density at radius 2 is 1.89 bits per heavy atom. The van der Waals surface area contributed by atoms with Crippen molar-refractivity contribution < 1.29 is 13.2 Å². The number of likely N-dealkylation sites (tertiary alicyclic amines) is 1. The molecule has 194 valence electrons. The second kappa shape index (κ2) is 10.7. The van der Waals surface area contributed by atoms with E-state index in [1.807, 2.05) is 12.1 Å². The number of nitrogens with zero attached hydrogens (tertiary/aromatic N) is 4. The highest BCUT2D eigenvalue weighted by Gasteiger charge is 2.30. The van der Waals surface area contributed by atoms with Crippen LogP contribution in [0.3, 0.4) is 0 Å². The summed E-state index contributed by atoms with van der Waals surface area (Å²) in [6, 6.07) is 13.2. The smallest absolute Gasteiger partial charge is 0.382 e. The average molecular weight is 509 g/mol. The fraction of sp³-hybridized carbons (Fsp3) is 0.429. The van der Waals surface area contributed by atoms with Crippen molar-refractivity contribution in [3.05, 3.63) is 54.0 Å². The first kappa shape index (κ1) is 26.4. The van der Waals surface area contributed by atoms with E-state index < -0.39 is 18.1 Å². The molecule has 6 nitrogen and oxygen atoms in total. The Kier molecular flexibility index (Phi) is 7.65. The molecule has 9 heteroatoms. The molecule has 0 unspecified atom stereocenters. The predicted octanol–water partition coefficient (Wildman–Crippen LogP) is 5.37. The zero-order valence-electron chi connectivity index (χ0n) is 21.3. The van der Waals surface area contributed by atoms with E-state index in [2.05, 4.69) is 45.5 Å². The molecule has 1 aliphatic heterocycles. The van der Waals surface area contributed by atoms with Crippen molar-refractivity contribution in [1.82, 2.24) is 14.5 Å². The van der Waals surface area contributed by atoms with Crippen LogP contribution in [0, 0.1) is 23.2 Å². The van der Waals surface area contributed by atoms with Gasteiger partial charge in [0.1, 0.15) is 6.54 Å². The second-order valence-electron chi connectivity index (χ2n) is 10.0. The number of piperidine rings is 1. The van der Waals surface area contributed by atoms with Gasteiger partial charge in [0.2, 0.25) is 0 Å². The Bertz CT molecular complexity index is 1330. The third-order valence-corrected chi connectivity index (χ3v) is 6.64. The summed E-state index contributed by atoms with van der Waals surface area (Å²) in [5.74, 6) is 5.87. The highest BCUT2D eigenvalue weighted by molar-refractivity contribution is 5.94. The number of aromatic nitrogens is 2. The van der Waals surface area contributed by atoms with Gasteiger partial charge in [0, 0.05) is 17.1 Å². The summed E-state index contributed by atoms with van der Waals surface area (Å²) < 4.78 is 41.6. The van der Waals surface area contributed by atoms with E-state index in [-0.39, 0.29) is 12.6 Å². The molecule has 2 N–H and O–H groups in total. The van der Waals surface area contributed by atoms with E-state index in [9.17, 15) is 18.4 Å². The van der Waals surface area contributed by atoms with E-state index in [0.717, 1.165) is 37.0 Å². The molecular weight excluding hydrogens is 477 g/mol. The van der Waals surface area contributed by atoms with Crippen LogP contribution in [0.1, 0.15) is 38.1 Å². The molecule has 1 aliphatic rings. The van der Waals surface area contributed by atoms with Gasteiger partial charge in [-0.2, -0.15) is 18.4 Å². The summed E-state index contributed by atoms with van der Waals surface area (Å²) in [7, 11) is 2.09. The molecule has 3 heterocycles. The molecule has 1 aromatic carbocycles. The number of nitriles is 1. The first-order chi connectivity index (χ1) is 17.6. The number of nitrogens with one attached hydrogen (secondary N) is 2. The molecule has 0 saturated carbocycles. The van der Waals surface area contributed by atoms with Gasteiger partial charge in [-0.3, -0.25) is 4.98 Å². The van der Waals surface area contributed by atoms with Gasteiger partial charge in [0.15, 0.2) is 0 Å². The second-order valence-corrected chi connectivity index (χ2v) is 10.0. The van der Waals surface area contributed by atoms with E-state index in [4.69, 9.17) is 0 Å². The van der Waals surface area contributed by atoms with Crippen molar-refractivity contribution in [3.8, 4) is 17.9 Å².